The molecule has 0 radical (unpaired) electrons. The summed E-state index contributed by atoms with van der Waals surface area (Å²) in [7, 11) is 0. The minimum Gasteiger partial charge on any atom is -0.469 e. The third-order valence-electron chi connectivity index (χ3n) is 2.58. The summed E-state index contributed by atoms with van der Waals surface area (Å²) in [6.45, 7) is 0. The lowest BCUT2D eigenvalue weighted by atomic mass is 9.95. The maximum absolute atomic E-state index is 6.04. The molecule has 2 rings (SSSR count). The second-order valence-electron chi connectivity index (χ2n) is 3.57. The van der Waals surface area contributed by atoms with Gasteiger partial charge in [0.25, 0.3) is 0 Å². The van der Waals surface area contributed by atoms with Gasteiger partial charge in [0.15, 0.2) is 0 Å². The van der Waals surface area contributed by atoms with Crippen molar-refractivity contribution in [3.63, 3.8) is 0 Å². The third-order valence-corrected chi connectivity index (χ3v) is 3.76. The van der Waals surface area contributed by atoms with Gasteiger partial charge in [-0.2, -0.15) is 11.8 Å². The molecule has 2 N–H and O–H groups in total. The first-order chi connectivity index (χ1) is 6.36. The normalized spacial score (nSPS) is 29.0. The van der Waals surface area contributed by atoms with Crippen molar-refractivity contribution in [3.05, 3.63) is 24.2 Å². The fraction of sp³-hybridized carbons (Fsp3) is 0.600. The van der Waals surface area contributed by atoms with E-state index in [2.05, 4.69) is 0 Å². The second-order valence-corrected chi connectivity index (χ2v) is 4.72. The molecule has 0 aliphatic carbocycles. The molecular formula is C10H15NOS. The molecule has 2 unspecified atom stereocenters. The van der Waals surface area contributed by atoms with Crippen molar-refractivity contribution in [2.24, 2.45) is 11.7 Å². The summed E-state index contributed by atoms with van der Waals surface area (Å²) in [5, 5.41) is 0. The molecule has 0 amide bonds. The minimum atomic E-state index is 0.367. The number of thioether (sulfide) groups is 1. The third kappa shape index (κ3) is 2.29. The van der Waals surface area contributed by atoms with E-state index >= 15 is 0 Å². The van der Waals surface area contributed by atoms with Gasteiger partial charge in [-0.3, -0.25) is 0 Å². The molecule has 1 fully saturated rings. The Morgan fingerprint density at radius 3 is 3.23 bits per heavy atom. The van der Waals surface area contributed by atoms with E-state index in [0.717, 1.165) is 18.6 Å². The van der Waals surface area contributed by atoms with Crippen LogP contribution in [0.4, 0.5) is 0 Å². The highest BCUT2D eigenvalue weighted by atomic mass is 32.2. The van der Waals surface area contributed by atoms with Crippen LogP contribution in [0, 0.1) is 5.92 Å². The molecule has 1 aliphatic rings. The second kappa shape index (κ2) is 4.20. The van der Waals surface area contributed by atoms with Gasteiger partial charge in [0.2, 0.25) is 0 Å². The monoisotopic (exact) mass is 197 g/mol. The van der Waals surface area contributed by atoms with Crippen molar-refractivity contribution in [3.8, 4) is 0 Å². The van der Waals surface area contributed by atoms with Crippen LogP contribution >= 0.6 is 11.8 Å². The van der Waals surface area contributed by atoms with Crippen LogP contribution in [0.15, 0.2) is 22.8 Å². The van der Waals surface area contributed by atoms with E-state index in [1.807, 2.05) is 23.9 Å². The Morgan fingerprint density at radius 1 is 1.62 bits per heavy atom. The summed E-state index contributed by atoms with van der Waals surface area (Å²) in [6.07, 6.45) is 3.88. The molecule has 72 valence electrons. The number of hydrogen-bond donors (Lipinski definition) is 1. The number of furan rings is 1. The van der Waals surface area contributed by atoms with Crippen LogP contribution in [-0.2, 0) is 6.42 Å². The van der Waals surface area contributed by atoms with Crippen LogP contribution in [0.3, 0.4) is 0 Å². The summed E-state index contributed by atoms with van der Waals surface area (Å²) in [6, 6.07) is 4.34. The lowest BCUT2D eigenvalue weighted by molar-refractivity contribution is 0.396. The summed E-state index contributed by atoms with van der Waals surface area (Å²) in [5.74, 6) is 4.07. The number of hydrogen-bond acceptors (Lipinski definition) is 3. The predicted molar refractivity (Wildman–Crippen MR) is 55.8 cm³/mol. The zero-order chi connectivity index (χ0) is 9.10. The Kier molecular flexibility index (Phi) is 2.96. The van der Waals surface area contributed by atoms with Crippen LogP contribution in [-0.4, -0.2) is 17.5 Å². The fourth-order valence-corrected chi connectivity index (χ4v) is 2.98. The highest BCUT2D eigenvalue weighted by Gasteiger charge is 2.22. The van der Waals surface area contributed by atoms with Crippen LogP contribution in [0.5, 0.6) is 0 Å². The molecule has 2 nitrogen and oxygen atoms in total. The molecule has 0 bridgehead atoms. The topological polar surface area (TPSA) is 39.2 Å². The molecule has 3 heteroatoms. The van der Waals surface area contributed by atoms with Crippen LogP contribution in [0.2, 0.25) is 0 Å². The van der Waals surface area contributed by atoms with Crippen LogP contribution < -0.4 is 5.73 Å². The molecule has 0 spiro atoms. The summed E-state index contributed by atoms with van der Waals surface area (Å²) in [5.41, 5.74) is 6.04. The summed E-state index contributed by atoms with van der Waals surface area (Å²) < 4.78 is 5.32. The Hall–Kier alpha value is -0.410. The van der Waals surface area contributed by atoms with Crippen LogP contribution in [0.25, 0.3) is 0 Å². The van der Waals surface area contributed by atoms with Gasteiger partial charge in [0.05, 0.1) is 6.26 Å². The highest BCUT2D eigenvalue weighted by molar-refractivity contribution is 7.99. The van der Waals surface area contributed by atoms with Crippen molar-refractivity contribution in [2.75, 3.05) is 11.5 Å². The highest BCUT2D eigenvalue weighted by Crippen LogP contribution is 2.25. The Balaban J connectivity index is 1.93. The van der Waals surface area contributed by atoms with Crippen molar-refractivity contribution in [2.45, 2.75) is 18.9 Å². The molecule has 1 aliphatic heterocycles. The Labute approximate surface area is 82.9 Å². The van der Waals surface area contributed by atoms with E-state index < -0.39 is 0 Å². The molecule has 0 saturated carbocycles. The Bertz CT molecular complexity index is 247. The first kappa shape index (κ1) is 9.16. The zero-order valence-corrected chi connectivity index (χ0v) is 8.43. The predicted octanol–water partition coefficient (Wildman–Crippen LogP) is 1.90. The number of rotatable bonds is 2. The minimum absolute atomic E-state index is 0.367. The standard InChI is InChI=1S/C10H15NOS/c11-10-3-5-13-7-8(10)6-9-2-1-4-12-9/h1-2,4,8,10H,3,5-7,11H2. The van der Waals surface area contributed by atoms with E-state index in [1.54, 1.807) is 6.26 Å². The number of nitrogens with two attached hydrogens (primary N) is 1. The average Bonchev–Trinajstić information content (AvgIpc) is 2.61. The first-order valence-electron chi connectivity index (χ1n) is 4.72. The average molecular weight is 197 g/mol. The van der Waals surface area contributed by atoms with Crippen molar-refractivity contribution < 1.29 is 4.42 Å². The molecule has 2 heterocycles. The quantitative estimate of drug-likeness (QED) is 0.787. The van der Waals surface area contributed by atoms with Gasteiger partial charge in [-0.15, -0.1) is 0 Å². The van der Waals surface area contributed by atoms with Gasteiger partial charge in [-0.1, -0.05) is 0 Å². The summed E-state index contributed by atoms with van der Waals surface area (Å²) in [4.78, 5) is 0. The molecule has 0 aromatic carbocycles. The van der Waals surface area contributed by atoms with Crippen molar-refractivity contribution >= 4 is 11.8 Å². The SMILES string of the molecule is NC1CCSCC1Cc1ccco1. The van der Waals surface area contributed by atoms with Gasteiger partial charge in [0.1, 0.15) is 5.76 Å². The lowest BCUT2D eigenvalue weighted by Gasteiger charge is -2.27. The van der Waals surface area contributed by atoms with Crippen molar-refractivity contribution in [1.29, 1.82) is 0 Å². The van der Waals surface area contributed by atoms with Gasteiger partial charge in [-0.25, -0.2) is 0 Å². The lowest BCUT2D eigenvalue weighted by Crippen LogP contribution is -2.36. The van der Waals surface area contributed by atoms with Gasteiger partial charge in [0, 0.05) is 12.5 Å². The smallest absolute Gasteiger partial charge is 0.104 e. The maximum Gasteiger partial charge on any atom is 0.104 e. The van der Waals surface area contributed by atoms with E-state index in [0.29, 0.717) is 12.0 Å². The van der Waals surface area contributed by atoms with Gasteiger partial charge >= 0.3 is 0 Å². The first-order valence-corrected chi connectivity index (χ1v) is 5.87. The van der Waals surface area contributed by atoms with Crippen molar-refractivity contribution in [1.82, 2.24) is 0 Å². The molecular weight excluding hydrogens is 182 g/mol. The summed E-state index contributed by atoms with van der Waals surface area (Å²) >= 11 is 2.01. The molecule has 13 heavy (non-hydrogen) atoms. The van der Waals surface area contributed by atoms with E-state index in [4.69, 9.17) is 10.2 Å². The zero-order valence-electron chi connectivity index (χ0n) is 7.61. The largest absolute Gasteiger partial charge is 0.469 e. The maximum atomic E-state index is 6.04. The van der Waals surface area contributed by atoms with E-state index in [-0.39, 0.29) is 0 Å². The van der Waals surface area contributed by atoms with E-state index in [1.165, 1.54) is 11.5 Å². The molecule has 1 saturated heterocycles. The van der Waals surface area contributed by atoms with Gasteiger partial charge in [-0.05, 0) is 36.0 Å². The molecule has 1 aromatic rings. The van der Waals surface area contributed by atoms with Crippen LogP contribution in [0.1, 0.15) is 12.2 Å². The van der Waals surface area contributed by atoms with Gasteiger partial charge < -0.3 is 10.2 Å². The Morgan fingerprint density at radius 2 is 2.54 bits per heavy atom. The molecule has 2 atom stereocenters. The van der Waals surface area contributed by atoms with E-state index in [9.17, 15) is 0 Å². The molecule has 1 aromatic heterocycles. The fourth-order valence-electron chi connectivity index (χ4n) is 1.71.